The van der Waals surface area contributed by atoms with Crippen LogP contribution in [0, 0.1) is 11.7 Å². The molecule has 1 saturated heterocycles. The quantitative estimate of drug-likeness (QED) is 0.871. The van der Waals surface area contributed by atoms with E-state index in [-0.39, 0.29) is 11.7 Å². The van der Waals surface area contributed by atoms with Crippen LogP contribution in [0.25, 0.3) is 0 Å². The van der Waals surface area contributed by atoms with E-state index in [4.69, 9.17) is 5.11 Å². The number of rotatable bonds is 4. The van der Waals surface area contributed by atoms with Crippen molar-refractivity contribution in [2.45, 2.75) is 18.9 Å². The van der Waals surface area contributed by atoms with Gasteiger partial charge in [-0.05, 0) is 43.6 Å². The van der Waals surface area contributed by atoms with Crippen LogP contribution in [0.2, 0.25) is 0 Å². The molecule has 1 aliphatic heterocycles. The minimum atomic E-state index is -0.745. The lowest BCUT2D eigenvalue weighted by molar-refractivity contribution is -0.143. The van der Waals surface area contributed by atoms with Gasteiger partial charge in [-0.2, -0.15) is 0 Å². The van der Waals surface area contributed by atoms with Crippen molar-refractivity contribution >= 4 is 5.97 Å². The number of carboxylic acids is 1. The number of halogens is 1. The number of carbonyl (C=O) groups is 1. The third-order valence-corrected chi connectivity index (χ3v) is 3.60. The lowest BCUT2D eigenvalue weighted by Gasteiger charge is -2.31. The molecule has 1 fully saturated rings. The summed E-state index contributed by atoms with van der Waals surface area (Å²) in [5.41, 5.74) is 0.556. The topological polar surface area (TPSA) is 60.8 Å². The molecular formula is C14H18FNO3. The average Bonchev–Trinajstić information content (AvgIpc) is 2.39. The Kier molecular flexibility index (Phi) is 4.50. The van der Waals surface area contributed by atoms with E-state index in [1.54, 1.807) is 12.1 Å². The van der Waals surface area contributed by atoms with Crippen LogP contribution >= 0.6 is 0 Å². The summed E-state index contributed by atoms with van der Waals surface area (Å²) in [7, 11) is 0. The molecule has 104 valence electrons. The molecular weight excluding hydrogens is 249 g/mol. The summed E-state index contributed by atoms with van der Waals surface area (Å²) in [6.07, 6.45) is 0.466. The Balaban J connectivity index is 1.87. The number of aliphatic hydroxyl groups is 1. The number of carboxylic acid groups (broad SMARTS) is 1. The first kappa shape index (κ1) is 14.0. The summed E-state index contributed by atoms with van der Waals surface area (Å²) in [6.45, 7) is 1.72. The normalized spacial score (nSPS) is 19.3. The van der Waals surface area contributed by atoms with Crippen molar-refractivity contribution in [1.29, 1.82) is 0 Å². The summed E-state index contributed by atoms with van der Waals surface area (Å²) < 4.78 is 13.1. The second kappa shape index (κ2) is 6.12. The molecule has 0 amide bonds. The van der Waals surface area contributed by atoms with Crippen LogP contribution in [-0.2, 0) is 4.79 Å². The SMILES string of the molecule is O=C(O)C1CCN(CC(O)c2cccc(F)c2)CC1. The first-order valence-electron chi connectivity index (χ1n) is 6.45. The first-order valence-corrected chi connectivity index (χ1v) is 6.45. The fraction of sp³-hybridized carbons (Fsp3) is 0.500. The number of aliphatic carboxylic acids is 1. The number of piperidine rings is 1. The van der Waals surface area contributed by atoms with Gasteiger partial charge >= 0.3 is 5.97 Å². The molecule has 5 heteroatoms. The van der Waals surface area contributed by atoms with Crippen LogP contribution in [0.1, 0.15) is 24.5 Å². The highest BCUT2D eigenvalue weighted by atomic mass is 19.1. The predicted molar refractivity (Wildman–Crippen MR) is 68.2 cm³/mol. The van der Waals surface area contributed by atoms with Crippen LogP contribution in [0.5, 0.6) is 0 Å². The van der Waals surface area contributed by atoms with Crippen LogP contribution in [0.3, 0.4) is 0 Å². The molecule has 0 radical (unpaired) electrons. The van der Waals surface area contributed by atoms with E-state index in [1.165, 1.54) is 12.1 Å². The second-order valence-corrected chi connectivity index (χ2v) is 4.98. The number of likely N-dealkylation sites (tertiary alicyclic amines) is 1. The maximum Gasteiger partial charge on any atom is 0.306 e. The number of hydrogen-bond acceptors (Lipinski definition) is 3. The first-order chi connectivity index (χ1) is 9.06. The smallest absolute Gasteiger partial charge is 0.306 e. The van der Waals surface area contributed by atoms with Crippen LogP contribution in [0.4, 0.5) is 4.39 Å². The van der Waals surface area contributed by atoms with Gasteiger partial charge < -0.3 is 15.1 Å². The van der Waals surface area contributed by atoms with Gasteiger partial charge in [-0.25, -0.2) is 4.39 Å². The Hall–Kier alpha value is -1.46. The average molecular weight is 267 g/mol. The van der Waals surface area contributed by atoms with E-state index < -0.39 is 12.1 Å². The predicted octanol–water partition coefficient (Wildman–Crippen LogP) is 1.66. The van der Waals surface area contributed by atoms with E-state index in [2.05, 4.69) is 0 Å². The molecule has 1 unspecified atom stereocenters. The molecule has 2 N–H and O–H groups in total. The van der Waals surface area contributed by atoms with Crippen molar-refractivity contribution in [3.8, 4) is 0 Å². The Bertz CT molecular complexity index is 444. The van der Waals surface area contributed by atoms with Crippen LogP contribution in [-0.4, -0.2) is 40.7 Å². The highest BCUT2D eigenvalue weighted by molar-refractivity contribution is 5.70. The van der Waals surface area contributed by atoms with Crippen molar-refractivity contribution in [3.05, 3.63) is 35.6 Å². The molecule has 4 nitrogen and oxygen atoms in total. The van der Waals surface area contributed by atoms with Gasteiger partial charge in [0.05, 0.1) is 12.0 Å². The fourth-order valence-electron chi connectivity index (χ4n) is 2.43. The van der Waals surface area contributed by atoms with E-state index in [9.17, 15) is 14.3 Å². The minimum Gasteiger partial charge on any atom is -0.481 e. The fourth-order valence-corrected chi connectivity index (χ4v) is 2.43. The van der Waals surface area contributed by atoms with Gasteiger partial charge in [0.25, 0.3) is 0 Å². The molecule has 1 heterocycles. The minimum absolute atomic E-state index is 0.275. The largest absolute Gasteiger partial charge is 0.481 e. The summed E-state index contributed by atoms with van der Waals surface area (Å²) >= 11 is 0. The van der Waals surface area contributed by atoms with E-state index >= 15 is 0 Å². The molecule has 0 aliphatic carbocycles. The molecule has 0 aromatic heterocycles. The van der Waals surface area contributed by atoms with Crippen molar-refractivity contribution in [3.63, 3.8) is 0 Å². The monoisotopic (exact) mass is 267 g/mol. The van der Waals surface area contributed by atoms with Crippen LogP contribution < -0.4 is 0 Å². The molecule has 19 heavy (non-hydrogen) atoms. The zero-order valence-electron chi connectivity index (χ0n) is 10.6. The zero-order valence-corrected chi connectivity index (χ0v) is 10.6. The molecule has 0 spiro atoms. The lowest BCUT2D eigenvalue weighted by atomic mass is 9.96. The third-order valence-electron chi connectivity index (χ3n) is 3.60. The van der Waals surface area contributed by atoms with Gasteiger partial charge in [-0.15, -0.1) is 0 Å². The second-order valence-electron chi connectivity index (χ2n) is 4.98. The van der Waals surface area contributed by atoms with Gasteiger partial charge in [0.1, 0.15) is 5.82 Å². The van der Waals surface area contributed by atoms with Gasteiger partial charge in [-0.3, -0.25) is 4.79 Å². The Labute approximate surface area is 111 Å². The van der Waals surface area contributed by atoms with E-state index in [1.807, 2.05) is 4.90 Å². The molecule has 0 saturated carbocycles. The maximum atomic E-state index is 13.1. The standard InChI is InChI=1S/C14H18FNO3/c15-12-3-1-2-11(8-12)13(17)9-16-6-4-10(5-7-16)14(18)19/h1-3,8,10,13,17H,4-7,9H2,(H,18,19). The van der Waals surface area contributed by atoms with Gasteiger partial charge in [0.15, 0.2) is 0 Å². The van der Waals surface area contributed by atoms with E-state index in [0.717, 1.165) is 0 Å². The molecule has 2 rings (SSSR count). The maximum absolute atomic E-state index is 13.1. The number of aliphatic hydroxyl groups excluding tert-OH is 1. The summed E-state index contributed by atoms with van der Waals surface area (Å²) in [5.74, 6) is -1.38. The molecule has 0 bridgehead atoms. The summed E-state index contributed by atoms with van der Waals surface area (Å²) in [5, 5.41) is 19.0. The number of nitrogens with zero attached hydrogens (tertiary/aromatic N) is 1. The van der Waals surface area contributed by atoms with Gasteiger partial charge in [0, 0.05) is 6.54 Å². The van der Waals surface area contributed by atoms with Crippen molar-refractivity contribution in [2.24, 2.45) is 5.92 Å². The van der Waals surface area contributed by atoms with Crippen molar-refractivity contribution < 1.29 is 19.4 Å². The van der Waals surface area contributed by atoms with Crippen LogP contribution in [0.15, 0.2) is 24.3 Å². The highest BCUT2D eigenvalue weighted by Crippen LogP contribution is 2.21. The van der Waals surface area contributed by atoms with Crippen molar-refractivity contribution in [2.75, 3.05) is 19.6 Å². The Morgan fingerprint density at radius 3 is 2.68 bits per heavy atom. The summed E-state index contributed by atoms with van der Waals surface area (Å²) in [4.78, 5) is 12.9. The third kappa shape index (κ3) is 3.75. The molecule has 1 aromatic rings. The van der Waals surface area contributed by atoms with Crippen molar-refractivity contribution in [1.82, 2.24) is 4.90 Å². The molecule has 1 atom stereocenters. The number of benzene rings is 1. The Morgan fingerprint density at radius 2 is 2.11 bits per heavy atom. The summed E-state index contributed by atoms with van der Waals surface area (Å²) in [6, 6.07) is 5.94. The zero-order chi connectivity index (χ0) is 13.8. The van der Waals surface area contributed by atoms with Gasteiger partial charge in [-0.1, -0.05) is 12.1 Å². The Morgan fingerprint density at radius 1 is 1.42 bits per heavy atom. The van der Waals surface area contributed by atoms with Gasteiger partial charge in [0.2, 0.25) is 0 Å². The molecule has 1 aliphatic rings. The highest BCUT2D eigenvalue weighted by Gasteiger charge is 2.25. The molecule has 1 aromatic carbocycles. The number of β-amino-alcohol motifs (C(OH)–C–C–N with tert-alkyl or cyclic N) is 1. The number of hydrogen-bond donors (Lipinski definition) is 2. The lowest BCUT2D eigenvalue weighted by Crippen LogP contribution is -2.38. The van der Waals surface area contributed by atoms with E-state index in [0.29, 0.717) is 38.0 Å².